The Balaban J connectivity index is 1.48. The van der Waals surface area contributed by atoms with Gasteiger partial charge in [-0.2, -0.15) is 0 Å². The molecule has 0 fully saturated rings. The highest BCUT2D eigenvalue weighted by Gasteiger charge is 2.20. The van der Waals surface area contributed by atoms with Crippen molar-refractivity contribution in [2.75, 3.05) is 10.7 Å². The highest BCUT2D eigenvalue weighted by molar-refractivity contribution is 7.99. The second-order valence-corrected chi connectivity index (χ2v) is 9.45. The maximum Gasteiger partial charge on any atom is 0.229 e. The van der Waals surface area contributed by atoms with Crippen LogP contribution in [-0.2, 0) is 11.3 Å². The van der Waals surface area contributed by atoms with Crippen molar-refractivity contribution < 1.29 is 4.79 Å². The number of carbonyl (C=O) groups excluding carboxylic acids is 1. The Morgan fingerprint density at radius 2 is 1.73 bits per heavy atom. The summed E-state index contributed by atoms with van der Waals surface area (Å²) in [5.41, 5.74) is 1.95. The topological polar surface area (TPSA) is 33.2 Å². The van der Waals surface area contributed by atoms with E-state index in [9.17, 15) is 4.79 Å². The fourth-order valence-electron chi connectivity index (χ4n) is 3.10. The average Bonchev–Trinajstić information content (AvgIpc) is 3.19. The molecule has 0 radical (unpaired) electrons. The van der Waals surface area contributed by atoms with Gasteiger partial charge in [0.15, 0.2) is 5.13 Å². The van der Waals surface area contributed by atoms with Crippen molar-refractivity contribution >= 4 is 56.0 Å². The molecule has 0 N–H and O–H groups in total. The van der Waals surface area contributed by atoms with E-state index in [2.05, 4.69) is 12.1 Å². The van der Waals surface area contributed by atoms with Crippen LogP contribution in [0, 0.1) is 0 Å². The zero-order valence-electron chi connectivity index (χ0n) is 16.3. The van der Waals surface area contributed by atoms with E-state index >= 15 is 0 Å². The van der Waals surface area contributed by atoms with Crippen molar-refractivity contribution in [3.05, 3.63) is 89.4 Å². The second-order valence-electron chi connectivity index (χ2n) is 6.84. The Kier molecular flexibility index (Phi) is 7.05. The smallest absolute Gasteiger partial charge is 0.229 e. The van der Waals surface area contributed by atoms with Crippen molar-refractivity contribution in [1.29, 1.82) is 0 Å². The van der Waals surface area contributed by atoms with E-state index < -0.39 is 0 Å². The van der Waals surface area contributed by atoms with E-state index in [1.807, 2.05) is 66.7 Å². The lowest BCUT2D eigenvalue weighted by Gasteiger charge is -2.20. The second kappa shape index (κ2) is 10.1. The minimum Gasteiger partial charge on any atom is -0.284 e. The lowest BCUT2D eigenvalue weighted by Crippen LogP contribution is -2.30. The van der Waals surface area contributed by atoms with Crippen LogP contribution in [0.2, 0.25) is 5.02 Å². The Hall–Kier alpha value is -2.34. The number of thiazole rings is 1. The molecular weight excluding hydrogens is 432 g/mol. The maximum absolute atomic E-state index is 13.2. The summed E-state index contributed by atoms with van der Waals surface area (Å²) in [7, 11) is 0. The molecular formula is C24H21ClN2OS2. The highest BCUT2D eigenvalue weighted by Crippen LogP contribution is 2.32. The monoisotopic (exact) mass is 452 g/mol. The molecule has 3 nitrogen and oxygen atoms in total. The molecule has 4 rings (SSSR count). The molecule has 0 aliphatic carbocycles. The van der Waals surface area contributed by atoms with Gasteiger partial charge >= 0.3 is 0 Å². The number of rotatable bonds is 8. The summed E-state index contributed by atoms with van der Waals surface area (Å²) in [6.07, 6.45) is 1.31. The van der Waals surface area contributed by atoms with Crippen LogP contribution in [0.15, 0.2) is 83.8 Å². The summed E-state index contributed by atoms with van der Waals surface area (Å²) in [6.45, 7) is 0.513. The molecule has 0 spiro atoms. The van der Waals surface area contributed by atoms with Crippen molar-refractivity contribution in [2.24, 2.45) is 0 Å². The van der Waals surface area contributed by atoms with Gasteiger partial charge in [-0.3, -0.25) is 9.69 Å². The first-order chi connectivity index (χ1) is 14.7. The number of hydrogen-bond acceptors (Lipinski definition) is 4. The molecule has 3 aromatic carbocycles. The van der Waals surface area contributed by atoms with E-state index in [0.717, 1.165) is 33.1 Å². The molecule has 4 aromatic rings. The van der Waals surface area contributed by atoms with Gasteiger partial charge in [0.25, 0.3) is 0 Å². The Labute approximate surface area is 189 Å². The van der Waals surface area contributed by atoms with E-state index in [1.54, 1.807) is 16.7 Å². The number of aromatic nitrogens is 1. The highest BCUT2D eigenvalue weighted by atomic mass is 35.5. The maximum atomic E-state index is 13.2. The van der Waals surface area contributed by atoms with Gasteiger partial charge in [-0.25, -0.2) is 4.98 Å². The molecule has 0 atom stereocenters. The third-order valence-electron chi connectivity index (χ3n) is 4.60. The Morgan fingerprint density at radius 1 is 1.00 bits per heavy atom. The number of amides is 1. The fraction of sp³-hybridized carbons (Fsp3) is 0.167. The van der Waals surface area contributed by atoms with Gasteiger partial charge in [-0.15, -0.1) is 11.8 Å². The molecule has 152 valence electrons. The van der Waals surface area contributed by atoms with Gasteiger partial charge in [0.1, 0.15) is 0 Å². The van der Waals surface area contributed by atoms with Crippen molar-refractivity contribution in [3.8, 4) is 0 Å². The summed E-state index contributed by atoms with van der Waals surface area (Å²) in [5.74, 6) is 1.00. The van der Waals surface area contributed by atoms with Gasteiger partial charge in [-0.1, -0.05) is 71.5 Å². The van der Waals surface area contributed by atoms with Crippen LogP contribution >= 0.6 is 34.7 Å². The largest absolute Gasteiger partial charge is 0.284 e. The fourth-order valence-corrected chi connectivity index (χ4v) is 5.23. The number of halogens is 1. The van der Waals surface area contributed by atoms with Crippen molar-refractivity contribution in [3.63, 3.8) is 0 Å². The first kappa shape index (κ1) is 20.9. The summed E-state index contributed by atoms with van der Waals surface area (Å²) < 4.78 is 0.989. The standard InChI is InChI=1S/C24H21ClN2OS2/c25-19-13-14-21-22(16-19)30-24(26-21)27(17-18-8-3-1-4-9-18)23(28)12-7-15-29-20-10-5-2-6-11-20/h1-6,8-11,13-14,16H,7,12,15,17H2. The zero-order valence-corrected chi connectivity index (χ0v) is 18.7. The molecule has 0 unspecified atom stereocenters. The molecule has 6 heteroatoms. The molecule has 1 aromatic heterocycles. The predicted octanol–water partition coefficient (Wildman–Crippen LogP) is 7.06. The molecule has 0 bridgehead atoms. The number of fused-ring (bicyclic) bond motifs is 1. The summed E-state index contributed by atoms with van der Waals surface area (Å²) in [6, 6.07) is 26.0. The van der Waals surface area contributed by atoms with Crippen LogP contribution in [0.4, 0.5) is 5.13 Å². The molecule has 30 heavy (non-hydrogen) atoms. The summed E-state index contributed by atoms with van der Waals surface area (Å²) in [5, 5.41) is 1.40. The molecule has 1 amide bonds. The predicted molar refractivity (Wildman–Crippen MR) is 129 cm³/mol. The van der Waals surface area contributed by atoms with Crippen LogP contribution in [0.25, 0.3) is 10.2 Å². The number of anilines is 1. The SMILES string of the molecule is O=C(CCCSc1ccccc1)N(Cc1ccccc1)c1nc2ccc(Cl)cc2s1. The first-order valence-corrected chi connectivity index (χ1v) is 12.0. The third kappa shape index (κ3) is 5.42. The Morgan fingerprint density at radius 3 is 2.50 bits per heavy atom. The molecule has 0 aliphatic heterocycles. The van der Waals surface area contributed by atoms with Crippen LogP contribution in [0.1, 0.15) is 18.4 Å². The van der Waals surface area contributed by atoms with Gasteiger partial charge in [0.05, 0.1) is 16.8 Å². The van der Waals surface area contributed by atoms with E-state index in [0.29, 0.717) is 18.0 Å². The lowest BCUT2D eigenvalue weighted by atomic mass is 10.2. The van der Waals surface area contributed by atoms with E-state index in [4.69, 9.17) is 16.6 Å². The van der Waals surface area contributed by atoms with E-state index in [-0.39, 0.29) is 5.91 Å². The number of nitrogens with zero attached hydrogens (tertiary/aromatic N) is 2. The normalized spacial score (nSPS) is 11.0. The van der Waals surface area contributed by atoms with Gasteiger partial charge in [-0.05, 0) is 48.1 Å². The Bertz CT molecular complexity index is 1120. The summed E-state index contributed by atoms with van der Waals surface area (Å²) in [4.78, 5) is 20.9. The third-order valence-corrected chi connectivity index (χ3v) is 6.98. The quantitative estimate of drug-likeness (QED) is 0.212. The molecule has 0 saturated carbocycles. The number of thioether (sulfide) groups is 1. The van der Waals surface area contributed by atoms with Gasteiger partial charge in [0.2, 0.25) is 5.91 Å². The van der Waals surface area contributed by atoms with Crippen molar-refractivity contribution in [2.45, 2.75) is 24.3 Å². The molecule has 0 saturated heterocycles. The average molecular weight is 453 g/mol. The van der Waals surface area contributed by atoms with Crippen LogP contribution in [-0.4, -0.2) is 16.6 Å². The lowest BCUT2D eigenvalue weighted by molar-refractivity contribution is -0.118. The number of benzene rings is 3. The van der Waals surface area contributed by atoms with Crippen LogP contribution in [0.5, 0.6) is 0 Å². The number of carbonyl (C=O) groups is 1. The zero-order chi connectivity index (χ0) is 20.8. The first-order valence-electron chi connectivity index (χ1n) is 9.77. The van der Waals surface area contributed by atoms with Crippen LogP contribution < -0.4 is 4.90 Å². The number of hydrogen-bond donors (Lipinski definition) is 0. The molecule has 0 aliphatic rings. The van der Waals surface area contributed by atoms with Crippen molar-refractivity contribution in [1.82, 2.24) is 4.98 Å². The van der Waals surface area contributed by atoms with E-state index in [1.165, 1.54) is 16.2 Å². The minimum absolute atomic E-state index is 0.0951. The molecule has 1 heterocycles. The minimum atomic E-state index is 0.0951. The van der Waals surface area contributed by atoms with Crippen LogP contribution in [0.3, 0.4) is 0 Å². The van der Waals surface area contributed by atoms with Gasteiger partial charge < -0.3 is 0 Å². The van der Waals surface area contributed by atoms with Gasteiger partial charge in [0, 0.05) is 16.3 Å². The summed E-state index contributed by atoms with van der Waals surface area (Å²) >= 11 is 9.42.